The number of anilines is 2. The predicted octanol–water partition coefficient (Wildman–Crippen LogP) is 4.14. The summed E-state index contributed by atoms with van der Waals surface area (Å²) >= 11 is 3.50. The van der Waals surface area contributed by atoms with Gasteiger partial charge in [-0.1, -0.05) is 12.1 Å². The third-order valence-electron chi connectivity index (χ3n) is 3.08. The molecule has 2 rings (SSSR count). The Morgan fingerprint density at radius 2 is 1.95 bits per heavy atom. The largest absolute Gasteiger partial charge is 0.496 e. The van der Waals surface area contributed by atoms with E-state index < -0.39 is 0 Å². The quantitative estimate of drug-likeness (QED) is 0.889. The number of ether oxygens (including phenoxy) is 1. The molecule has 0 spiro atoms. The highest BCUT2D eigenvalue weighted by atomic mass is 79.9. The molecule has 0 saturated heterocycles. The van der Waals surface area contributed by atoms with Crippen LogP contribution < -0.4 is 15.0 Å². The van der Waals surface area contributed by atoms with E-state index in [-0.39, 0.29) is 0 Å². The Morgan fingerprint density at radius 1 is 1.15 bits per heavy atom. The SMILES string of the molecule is COc1ccc(CNc2cccc(N(C)C)c2)cc1Br. The summed E-state index contributed by atoms with van der Waals surface area (Å²) in [6, 6.07) is 14.5. The molecule has 106 valence electrons. The van der Waals surface area contributed by atoms with E-state index in [0.717, 1.165) is 22.5 Å². The molecular weight excluding hydrogens is 316 g/mol. The topological polar surface area (TPSA) is 24.5 Å². The van der Waals surface area contributed by atoms with Crippen LogP contribution in [0.2, 0.25) is 0 Å². The molecule has 0 fully saturated rings. The van der Waals surface area contributed by atoms with Crippen molar-refractivity contribution in [3.8, 4) is 5.75 Å². The van der Waals surface area contributed by atoms with Gasteiger partial charge in [-0.05, 0) is 51.8 Å². The van der Waals surface area contributed by atoms with Crippen molar-refractivity contribution in [2.45, 2.75) is 6.54 Å². The van der Waals surface area contributed by atoms with Crippen LogP contribution in [0, 0.1) is 0 Å². The second-order valence-corrected chi connectivity index (χ2v) is 5.62. The Kier molecular flexibility index (Phi) is 4.90. The van der Waals surface area contributed by atoms with Crippen LogP contribution in [0.4, 0.5) is 11.4 Å². The molecule has 3 nitrogen and oxygen atoms in total. The summed E-state index contributed by atoms with van der Waals surface area (Å²) in [4.78, 5) is 2.09. The minimum Gasteiger partial charge on any atom is -0.496 e. The molecule has 0 heterocycles. The predicted molar refractivity (Wildman–Crippen MR) is 88.8 cm³/mol. The fourth-order valence-corrected chi connectivity index (χ4v) is 2.51. The smallest absolute Gasteiger partial charge is 0.133 e. The van der Waals surface area contributed by atoms with Crippen LogP contribution >= 0.6 is 15.9 Å². The lowest BCUT2D eigenvalue weighted by Crippen LogP contribution is -2.09. The summed E-state index contributed by atoms with van der Waals surface area (Å²) in [6.45, 7) is 0.777. The summed E-state index contributed by atoms with van der Waals surface area (Å²) in [7, 11) is 5.75. The lowest BCUT2D eigenvalue weighted by molar-refractivity contribution is 0.412. The number of hydrogen-bond donors (Lipinski definition) is 1. The van der Waals surface area contributed by atoms with E-state index in [2.05, 4.69) is 62.5 Å². The van der Waals surface area contributed by atoms with Crippen molar-refractivity contribution >= 4 is 27.3 Å². The number of nitrogens with one attached hydrogen (secondary N) is 1. The van der Waals surface area contributed by atoms with Crippen LogP contribution in [0.1, 0.15) is 5.56 Å². The summed E-state index contributed by atoms with van der Waals surface area (Å²) in [5, 5.41) is 3.43. The first-order valence-corrected chi connectivity index (χ1v) is 7.23. The van der Waals surface area contributed by atoms with Gasteiger partial charge in [0, 0.05) is 32.0 Å². The number of nitrogens with zero attached hydrogens (tertiary/aromatic N) is 1. The maximum atomic E-state index is 5.23. The van der Waals surface area contributed by atoms with Crippen molar-refractivity contribution in [3.05, 3.63) is 52.5 Å². The van der Waals surface area contributed by atoms with Gasteiger partial charge in [0.2, 0.25) is 0 Å². The van der Waals surface area contributed by atoms with Crippen molar-refractivity contribution in [2.24, 2.45) is 0 Å². The van der Waals surface area contributed by atoms with Gasteiger partial charge in [0.1, 0.15) is 5.75 Å². The van der Waals surface area contributed by atoms with Crippen molar-refractivity contribution in [1.82, 2.24) is 0 Å². The molecule has 0 aliphatic carbocycles. The van der Waals surface area contributed by atoms with Gasteiger partial charge >= 0.3 is 0 Å². The summed E-state index contributed by atoms with van der Waals surface area (Å²) < 4.78 is 6.21. The van der Waals surface area contributed by atoms with Crippen LogP contribution in [0.3, 0.4) is 0 Å². The molecule has 2 aromatic carbocycles. The molecule has 0 aromatic heterocycles. The van der Waals surface area contributed by atoms with Crippen molar-refractivity contribution in [1.29, 1.82) is 0 Å². The maximum absolute atomic E-state index is 5.23. The van der Waals surface area contributed by atoms with Crippen molar-refractivity contribution in [3.63, 3.8) is 0 Å². The lowest BCUT2D eigenvalue weighted by atomic mass is 10.2. The highest BCUT2D eigenvalue weighted by Crippen LogP contribution is 2.26. The molecule has 0 unspecified atom stereocenters. The van der Waals surface area contributed by atoms with Gasteiger partial charge in [-0.3, -0.25) is 0 Å². The fourth-order valence-electron chi connectivity index (χ4n) is 1.92. The molecule has 0 radical (unpaired) electrons. The zero-order valence-electron chi connectivity index (χ0n) is 12.0. The average Bonchev–Trinajstić information content (AvgIpc) is 2.45. The number of methoxy groups -OCH3 is 1. The van der Waals surface area contributed by atoms with Gasteiger partial charge < -0.3 is 15.0 Å². The van der Waals surface area contributed by atoms with Gasteiger partial charge in [-0.2, -0.15) is 0 Å². The molecule has 0 aliphatic heterocycles. The van der Waals surface area contributed by atoms with Gasteiger partial charge in [0.15, 0.2) is 0 Å². The first-order valence-electron chi connectivity index (χ1n) is 6.44. The van der Waals surface area contributed by atoms with Gasteiger partial charge in [-0.25, -0.2) is 0 Å². The minimum absolute atomic E-state index is 0.777. The molecule has 0 atom stereocenters. The Balaban J connectivity index is 2.05. The van der Waals surface area contributed by atoms with Crippen LogP contribution in [0.5, 0.6) is 5.75 Å². The normalized spacial score (nSPS) is 10.2. The van der Waals surface area contributed by atoms with E-state index in [4.69, 9.17) is 4.74 Å². The number of rotatable bonds is 5. The minimum atomic E-state index is 0.777. The Bertz CT molecular complexity index is 584. The van der Waals surface area contributed by atoms with Crippen LogP contribution in [0.15, 0.2) is 46.9 Å². The van der Waals surface area contributed by atoms with E-state index >= 15 is 0 Å². The second kappa shape index (κ2) is 6.66. The second-order valence-electron chi connectivity index (χ2n) is 4.77. The third kappa shape index (κ3) is 3.67. The third-order valence-corrected chi connectivity index (χ3v) is 3.70. The van der Waals surface area contributed by atoms with Gasteiger partial charge in [-0.15, -0.1) is 0 Å². The summed E-state index contributed by atoms with van der Waals surface area (Å²) in [6.07, 6.45) is 0. The molecule has 0 bridgehead atoms. The van der Waals surface area contributed by atoms with Crippen molar-refractivity contribution < 1.29 is 4.74 Å². The molecule has 0 amide bonds. The molecule has 4 heteroatoms. The van der Waals surface area contributed by atoms with E-state index in [1.165, 1.54) is 11.3 Å². The Morgan fingerprint density at radius 3 is 2.60 bits per heavy atom. The maximum Gasteiger partial charge on any atom is 0.133 e. The number of benzene rings is 2. The van der Waals surface area contributed by atoms with Gasteiger partial charge in [0.05, 0.1) is 11.6 Å². The van der Waals surface area contributed by atoms with Crippen LogP contribution in [0.25, 0.3) is 0 Å². The highest BCUT2D eigenvalue weighted by molar-refractivity contribution is 9.10. The van der Waals surface area contributed by atoms with E-state index in [0.29, 0.717) is 0 Å². The first kappa shape index (κ1) is 14.7. The Hall–Kier alpha value is -1.68. The summed E-state index contributed by atoms with van der Waals surface area (Å²) in [5.74, 6) is 0.850. The standard InChI is InChI=1S/C16H19BrN2O/c1-19(2)14-6-4-5-13(10-14)18-11-12-7-8-16(20-3)15(17)9-12/h4-10,18H,11H2,1-3H3. The molecule has 0 aliphatic rings. The van der Waals surface area contributed by atoms with E-state index in [9.17, 15) is 0 Å². The lowest BCUT2D eigenvalue weighted by Gasteiger charge is -2.14. The van der Waals surface area contributed by atoms with E-state index in [1.54, 1.807) is 7.11 Å². The molecule has 1 N–H and O–H groups in total. The van der Waals surface area contributed by atoms with Crippen LogP contribution in [-0.2, 0) is 6.54 Å². The zero-order chi connectivity index (χ0) is 14.5. The fraction of sp³-hybridized carbons (Fsp3) is 0.250. The molecular formula is C16H19BrN2O. The molecule has 2 aromatic rings. The number of hydrogen-bond acceptors (Lipinski definition) is 3. The molecule has 20 heavy (non-hydrogen) atoms. The Labute approximate surface area is 128 Å². The zero-order valence-corrected chi connectivity index (χ0v) is 13.6. The highest BCUT2D eigenvalue weighted by Gasteiger charge is 2.02. The first-order chi connectivity index (χ1) is 9.60. The molecule has 0 saturated carbocycles. The van der Waals surface area contributed by atoms with Crippen molar-refractivity contribution in [2.75, 3.05) is 31.4 Å². The van der Waals surface area contributed by atoms with Crippen LogP contribution in [-0.4, -0.2) is 21.2 Å². The van der Waals surface area contributed by atoms with Gasteiger partial charge in [0.25, 0.3) is 0 Å². The number of halogens is 1. The monoisotopic (exact) mass is 334 g/mol. The average molecular weight is 335 g/mol. The van der Waals surface area contributed by atoms with E-state index in [1.807, 2.05) is 20.2 Å². The summed E-state index contributed by atoms with van der Waals surface area (Å²) in [5.41, 5.74) is 3.50.